The number of rotatable bonds is 7. The minimum atomic E-state index is -0.476. The molecule has 0 saturated carbocycles. The van der Waals surface area contributed by atoms with Crippen molar-refractivity contribution in [3.8, 4) is 56.4 Å². The molecule has 0 amide bonds. The molecule has 1 spiro atoms. The van der Waals surface area contributed by atoms with Crippen LogP contribution in [-0.2, 0) is 5.41 Å². The van der Waals surface area contributed by atoms with Gasteiger partial charge in [0.1, 0.15) is 11.5 Å². The molecule has 1 aliphatic heterocycles. The van der Waals surface area contributed by atoms with Gasteiger partial charge in [-0.25, -0.2) is 9.97 Å². The smallest absolute Gasteiger partial charge is 0.160 e. The summed E-state index contributed by atoms with van der Waals surface area (Å²) in [7, 11) is 0. The van der Waals surface area contributed by atoms with E-state index in [1.807, 2.05) is 48.5 Å². The lowest BCUT2D eigenvalue weighted by molar-refractivity contribution is 0.436. The monoisotopic (exact) mass is 730 g/mol. The summed E-state index contributed by atoms with van der Waals surface area (Å²) >= 11 is 0. The van der Waals surface area contributed by atoms with Crippen LogP contribution in [0, 0.1) is 0 Å². The molecule has 0 atom stereocenters. The van der Waals surface area contributed by atoms with Gasteiger partial charge in [-0.3, -0.25) is 0 Å². The molecule has 0 radical (unpaired) electrons. The van der Waals surface area contributed by atoms with Crippen LogP contribution in [0.5, 0.6) is 11.5 Å². The van der Waals surface area contributed by atoms with E-state index in [4.69, 9.17) is 14.7 Å². The second kappa shape index (κ2) is 14.1. The predicted molar refractivity (Wildman–Crippen MR) is 234 cm³/mol. The largest absolute Gasteiger partial charge is 0.457 e. The lowest BCUT2D eigenvalue weighted by Gasteiger charge is -2.39. The van der Waals surface area contributed by atoms with Crippen LogP contribution in [-0.4, -0.2) is 9.97 Å². The first-order chi connectivity index (χ1) is 28.1. The Morgan fingerprint density at radius 2 is 1.09 bits per heavy atom. The molecule has 7 aromatic carbocycles. The van der Waals surface area contributed by atoms with Gasteiger partial charge in [-0.05, 0) is 75.2 Å². The van der Waals surface area contributed by atoms with E-state index in [0.717, 1.165) is 67.4 Å². The van der Waals surface area contributed by atoms with Gasteiger partial charge in [0.2, 0.25) is 0 Å². The Morgan fingerprint density at radius 3 is 1.79 bits per heavy atom. The van der Waals surface area contributed by atoms with Crippen molar-refractivity contribution >= 4 is 11.1 Å². The highest BCUT2D eigenvalue weighted by atomic mass is 16.5. The highest BCUT2D eigenvalue weighted by molar-refractivity contribution is 5.89. The van der Waals surface area contributed by atoms with Crippen molar-refractivity contribution in [1.29, 1.82) is 0 Å². The molecule has 0 saturated heterocycles. The Bertz CT molecular complexity index is 2840. The van der Waals surface area contributed by atoms with E-state index in [0.29, 0.717) is 5.82 Å². The first kappa shape index (κ1) is 34.2. The van der Waals surface area contributed by atoms with Crippen LogP contribution in [0.3, 0.4) is 0 Å². The summed E-state index contributed by atoms with van der Waals surface area (Å²) in [6.45, 7) is 6.48. The lowest BCUT2D eigenvalue weighted by atomic mass is 9.66. The first-order valence-corrected chi connectivity index (χ1v) is 19.4. The highest BCUT2D eigenvalue weighted by Crippen LogP contribution is 2.62. The van der Waals surface area contributed by atoms with Crippen molar-refractivity contribution in [3.63, 3.8) is 0 Å². The third-order valence-electron chi connectivity index (χ3n) is 11.3. The summed E-state index contributed by atoms with van der Waals surface area (Å²) in [4.78, 5) is 10.1. The van der Waals surface area contributed by atoms with E-state index in [1.54, 1.807) is 0 Å². The Labute approximate surface area is 333 Å². The maximum Gasteiger partial charge on any atom is 0.160 e. The van der Waals surface area contributed by atoms with Gasteiger partial charge in [-0.2, -0.15) is 0 Å². The summed E-state index contributed by atoms with van der Waals surface area (Å²) in [5, 5.41) is 0. The van der Waals surface area contributed by atoms with Crippen LogP contribution < -0.4 is 4.74 Å². The zero-order valence-electron chi connectivity index (χ0n) is 31.6. The number of allylic oxidation sites excluding steroid dienone is 5. The Balaban J connectivity index is 1.02. The molecule has 1 aliphatic carbocycles. The van der Waals surface area contributed by atoms with E-state index in [2.05, 4.69) is 165 Å². The summed E-state index contributed by atoms with van der Waals surface area (Å²) < 4.78 is 6.77. The van der Waals surface area contributed by atoms with E-state index in [-0.39, 0.29) is 0 Å². The SMILES string of the molecule is C=C(/C=C\C(=C/C)c1ccccc1)c1cc(-c2ccc(-c3ccc4c(c3)Oc3ccccc3C43c4ccccc4-c4ccccc43)cc2)nc(-c2ccccc2)n1. The molecule has 10 rings (SSSR count). The fourth-order valence-corrected chi connectivity index (χ4v) is 8.62. The van der Waals surface area contributed by atoms with Gasteiger partial charge < -0.3 is 4.74 Å². The molecule has 0 N–H and O–H groups in total. The Hall–Kier alpha value is -7.36. The number of hydrogen-bond acceptors (Lipinski definition) is 3. The fraction of sp³-hybridized carbons (Fsp3) is 0.0370. The van der Waals surface area contributed by atoms with E-state index in [1.165, 1.54) is 27.8 Å². The minimum Gasteiger partial charge on any atom is -0.457 e. The third-order valence-corrected chi connectivity index (χ3v) is 11.3. The average molecular weight is 731 g/mol. The molecule has 0 bridgehead atoms. The topological polar surface area (TPSA) is 35.0 Å². The number of ether oxygens (including phenoxy) is 1. The molecule has 8 aromatic rings. The number of aromatic nitrogens is 2. The zero-order chi connectivity index (χ0) is 38.3. The van der Waals surface area contributed by atoms with Gasteiger partial charge in [-0.15, -0.1) is 0 Å². The molecule has 2 aliphatic rings. The van der Waals surface area contributed by atoms with Crippen LogP contribution in [0.2, 0.25) is 0 Å². The van der Waals surface area contributed by atoms with Gasteiger partial charge in [0, 0.05) is 22.3 Å². The van der Waals surface area contributed by atoms with Gasteiger partial charge in [0.25, 0.3) is 0 Å². The summed E-state index contributed by atoms with van der Waals surface area (Å²) in [6.07, 6.45) is 6.25. The normalized spacial score (nSPS) is 13.4. The molecule has 2 heterocycles. The number of para-hydroxylation sites is 1. The standard InChI is InChI=1S/C54H38N2O/c1-3-37(38-16-6-4-7-17-38)27-26-36(2)49-35-50(56-53(55-49)41-18-8-5-9-19-41)40-30-28-39(29-31-40)42-32-33-48-52(34-42)57-51-25-15-14-24-47(51)54(48)45-22-12-10-20-43(45)44-21-11-13-23-46(44)54/h3-35H,2H2,1H3/b27-26-,37-3+. The van der Waals surface area contributed by atoms with Crippen molar-refractivity contribution in [2.75, 3.05) is 0 Å². The van der Waals surface area contributed by atoms with Crippen molar-refractivity contribution in [2.24, 2.45) is 0 Å². The van der Waals surface area contributed by atoms with Crippen molar-refractivity contribution in [3.05, 3.63) is 240 Å². The van der Waals surface area contributed by atoms with Gasteiger partial charge in [-0.1, -0.05) is 189 Å². The van der Waals surface area contributed by atoms with Gasteiger partial charge in [0.05, 0.1) is 16.8 Å². The van der Waals surface area contributed by atoms with E-state index >= 15 is 0 Å². The summed E-state index contributed by atoms with van der Waals surface area (Å²) in [6, 6.07) is 64.0. The molecule has 57 heavy (non-hydrogen) atoms. The number of hydrogen-bond donors (Lipinski definition) is 0. The number of fused-ring (bicyclic) bond motifs is 9. The second-order valence-electron chi connectivity index (χ2n) is 14.5. The second-order valence-corrected chi connectivity index (χ2v) is 14.5. The summed E-state index contributed by atoms with van der Waals surface area (Å²) in [5.74, 6) is 2.41. The lowest BCUT2D eigenvalue weighted by Crippen LogP contribution is -2.32. The van der Waals surface area contributed by atoms with Crippen LogP contribution in [0.15, 0.2) is 207 Å². The van der Waals surface area contributed by atoms with Crippen LogP contribution in [0.1, 0.15) is 40.4 Å². The molecule has 270 valence electrons. The molecule has 0 fully saturated rings. The maximum atomic E-state index is 6.77. The minimum absolute atomic E-state index is 0.476. The third kappa shape index (κ3) is 5.75. The molecule has 1 aromatic heterocycles. The van der Waals surface area contributed by atoms with Crippen LogP contribution in [0.25, 0.3) is 56.0 Å². The van der Waals surface area contributed by atoms with Gasteiger partial charge >= 0.3 is 0 Å². The van der Waals surface area contributed by atoms with Crippen LogP contribution >= 0.6 is 0 Å². The molecule has 0 unspecified atom stereocenters. The van der Waals surface area contributed by atoms with E-state index in [9.17, 15) is 0 Å². The summed E-state index contributed by atoms with van der Waals surface area (Å²) in [5.41, 5.74) is 15.8. The quantitative estimate of drug-likeness (QED) is 0.153. The predicted octanol–water partition coefficient (Wildman–Crippen LogP) is 13.6. The van der Waals surface area contributed by atoms with Crippen LogP contribution in [0.4, 0.5) is 0 Å². The zero-order valence-corrected chi connectivity index (χ0v) is 31.6. The number of benzene rings is 7. The van der Waals surface area contributed by atoms with Crippen molar-refractivity contribution in [1.82, 2.24) is 9.97 Å². The molecule has 3 heteroatoms. The van der Waals surface area contributed by atoms with E-state index < -0.39 is 5.41 Å². The molecule has 3 nitrogen and oxygen atoms in total. The first-order valence-electron chi connectivity index (χ1n) is 19.4. The average Bonchev–Trinajstić information content (AvgIpc) is 3.57. The van der Waals surface area contributed by atoms with Gasteiger partial charge in [0.15, 0.2) is 5.82 Å². The number of nitrogens with zero attached hydrogens (tertiary/aromatic N) is 2. The van der Waals surface area contributed by atoms with Crippen molar-refractivity contribution in [2.45, 2.75) is 12.3 Å². The highest BCUT2D eigenvalue weighted by Gasteiger charge is 2.50. The Kier molecular flexibility index (Phi) is 8.42. The molecular weight excluding hydrogens is 693 g/mol. The van der Waals surface area contributed by atoms with Crippen molar-refractivity contribution < 1.29 is 4.74 Å². The fourth-order valence-electron chi connectivity index (χ4n) is 8.62. The molecular formula is C54H38N2O. The Morgan fingerprint density at radius 1 is 0.509 bits per heavy atom. The maximum absolute atomic E-state index is 6.77.